The fraction of sp³-hybridized carbons (Fsp3) is 0.111. The van der Waals surface area contributed by atoms with Gasteiger partial charge in [0.2, 0.25) is 5.91 Å². The zero-order valence-electron chi connectivity index (χ0n) is 6.66. The summed E-state index contributed by atoms with van der Waals surface area (Å²) in [6, 6.07) is 8.42. The first-order valence-electron chi connectivity index (χ1n) is 3.65. The Morgan fingerprint density at radius 3 is 2.50 bits per heavy atom. The van der Waals surface area contributed by atoms with E-state index in [1.807, 2.05) is 18.2 Å². The van der Waals surface area contributed by atoms with Crippen LogP contribution >= 0.6 is 0 Å². The van der Waals surface area contributed by atoms with E-state index in [0.29, 0.717) is 0 Å². The molecule has 0 spiro atoms. The van der Waals surface area contributed by atoms with Crippen LogP contribution in [-0.4, -0.2) is 11.9 Å². The van der Waals surface area contributed by atoms with Gasteiger partial charge in [-0.3, -0.25) is 4.79 Å². The molecule has 1 unspecified atom stereocenters. The number of rotatable bonds is 2. The minimum Gasteiger partial charge on any atom is -0.325 e. The van der Waals surface area contributed by atoms with Crippen LogP contribution in [0.4, 0.5) is 5.69 Å². The maximum Gasteiger partial charge on any atom is 0.241 e. The van der Waals surface area contributed by atoms with Crippen LogP contribution in [0.2, 0.25) is 0 Å². The predicted molar refractivity (Wildman–Crippen MR) is 48.4 cm³/mol. The highest BCUT2D eigenvalue weighted by molar-refractivity contribution is 5.95. The van der Waals surface area contributed by atoms with Crippen molar-refractivity contribution in [3.63, 3.8) is 0 Å². The van der Waals surface area contributed by atoms with Crippen LogP contribution in [0.1, 0.15) is 0 Å². The predicted octanol–water partition coefficient (Wildman–Crippen LogP) is 0.786. The highest BCUT2D eigenvalue weighted by Crippen LogP contribution is 2.04. The molecule has 1 aromatic rings. The van der Waals surface area contributed by atoms with E-state index in [1.165, 1.54) is 0 Å². The number of carbonyl (C=O) groups excluding carboxylic acids is 1. The quantitative estimate of drug-likeness (QED) is 0.677. The van der Waals surface area contributed by atoms with Gasteiger partial charge in [-0.1, -0.05) is 18.2 Å². The molecule has 12 heavy (non-hydrogen) atoms. The van der Waals surface area contributed by atoms with Crippen LogP contribution in [0.3, 0.4) is 0 Å². The lowest BCUT2D eigenvalue weighted by atomic mass is 10.3. The molecule has 3 nitrogen and oxygen atoms in total. The Kier molecular flexibility index (Phi) is 2.82. The van der Waals surface area contributed by atoms with E-state index in [9.17, 15) is 4.79 Å². The lowest BCUT2D eigenvalue weighted by Gasteiger charge is -2.06. The molecule has 1 rings (SSSR count). The van der Waals surface area contributed by atoms with Gasteiger partial charge >= 0.3 is 0 Å². The Bertz CT molecular complexity index is 256. The zero-order chi connectivity index (χ0) is 8.97. The van der Waals surface area contributed by atoms with E-state index in [0.717, 1.165) is 5.69 Å². The number of para-hydroxylation sites is 1. The standard InChI is InChI=1S/C9H11N2O/c1-7(10)9(12)11-8-5-3-2-4-6-8/h2-7H,1,10H2,(H,11,12). The van der Waals surface area contributed by atoms with Crippen molar-refractivity contribution in [3.05, 3.63) is 37.3 Å². The summed E-state index contributed by atoms with van der Waals surface area (Å²) in [5, 5.41) is 2.61. The van der Waals surface area contributed by atoms with Gasteiger partial charge in [0.15, 0.2) is 0 Å². The first-order chi connectivity index (χ1) is 5.70. The number of nitrogens with one attached hydrogen (secondary N) is 1. The monoisotopic (exact) mass is 163 g/mol. The molecular formula is C9H11N2O. The number of nitrogens with two attached hydrogens (primary N) is 1. The van der Waals surface area contributed by atoms with Crippen LogP contribution in [0.25, 0.3) is 0 Å². The molecule has 0 aliphatic carbocycles. The first kappa shape index (κ1) is 8.74. The van der Waals surface area contributed by atoms with E-state index >= 15 is 0 Å². The van der Waals surface area contributed by atoms with Gasteiger partial charge < -0.3 is 11.1 Å². The van der Waals surface area contributed by atoms with Gasteiger partial charge in [-0.25, -0.2) is 0 Å². The maximum absolute atomic E-state index is 11.0. The van der Waals surface area contributed by atoms with Crippen molar-refractivity contribution in [2.75, 3.05) is 5.32 Å². The van der Waals surface area contributed by atoms with Gasteiger partial charge in [0.1, 0.15) is 0 Å². The van der Waals surface area contributed by atoms with E-state index in [2.05, 4.69) is 12.2 Å². The minimum absolute atomic E-state index is 0.277. The second-order valence-electron chi connectivity index (χ2n) is 2.46. The van der Waals surface area contributed by atoms with E-state index in [-0.39, 0.29) is 5.91 Å². The molecule has 0 fully saturated rings. The molecule has 1 radical (unpaired) electrons. The molecule has 1 aromatic carbocycles. The minimum atomic E-state index is -0.717. The van der Waals surface area contributed by atoms with E-state index < -0.39 is 6.04 Å². The molecule has 63 valence electrons. The van der Waals surface area contributed by atoms with Crippen molar-refractivity contribution < 1.29 is 4.79 Å². The molecule has 0 heterocycles. The number of carbonyl (C=O) groups is 1. The molecule has 0 bridgehead atoms. The molecule has 1 amide bonds. The molecule has 0 aromatic heterocycles. The third-order valence-corrected chi connectivity index (χ3v) is 1.38. The van der Waals surface area contributed by atoms with Crippen molar-refractivity contribution in [2.45, 2.75) is 6.04 Å². The van der Waals surface area contributed by atoms with Gasteiger partial charge in [0, 0.05) is 5.69 Å². The van der Waals surface area contributed by atoms with Crippen molar-refractivity contribution in [1.29, 1.82) is 0 Å². The first-order valence-corrected chi connectivity index (χ1v) is 3.65. The Morgan fingerprint density at radius 2 is 2.00 bits per heavy atom. The molecule has 0 saturated carbocycles. The molecule has 0 aliphatic rings. The summed E-state index contributed by atoms with van der Waals surface area (Å²) in [5.41, 5.74) is 6.00. The van der Waals surface area contributed by atoms with Gasteiger partial charge in [0.05, 0.1) is 6.04 Å². The molecule has 0 saturated heterocycles. The lowest BCUT2D eigenvalue weighted by Crippen LogP contribution is -2.32. The highest BCUT2D eigenvalue weighted by atomic mass is 16.2. The molecule has 1 atom stereocenters. The lowest BCUT2D eigenvalue weighted by molar-refractivity contribution is -0.116. The number of anilines is 1. The largest absolute Gasteiger partial charge is 0.325 e. The highest BCUT2D eigenvalue weighted by Gasteiger charge is 2.05. The summed E-state index contributed by atoms with van der Waals surface area (Å²) in [4.78, 5) is 11.0. The van der Waals surface area contributed by atoms with Crippen molar-refractivity contribution in [3.8, 4) is 0 Å². The topological polar surface area (TPSA) is 55.1 Å². The number of hydrogen-bond donors (Lipinski definition) is 2. The van der Waals surface area contributed by atoms with Crippen molar-refractivity contribution in [1.82, 2.24) is 0 Å². The maximum atomic E-state index is 11.0. The van der Waals surface area contributed by atoms with E-state index in [4.69, 9.17) is 5.73 Å². The summed E-state index contributed by atoms with van der Waals surface area (Å²) in [6.07, 6.45) is 0. The van der Waals surface area contributed by atoms with Crippen LogP contribution in [0.5, 0.6) is 0 Å². The third kappa shape index (κ3) is 2.36. The Hall–Kier alpha value is -1.35. The average Bonchev–Trinajstić information content (AvgIpc) is 2.06. The van der Waals surface area contributed by atoms with Crippen LogP contribution < -0.4 is 11.1 Å². The van der Waals surface area contributed by atoms with Gasteiger partial charge in [-0.2, -0.15) is 0 Å². The molecule has 3 heteroatoms. The molecular weight excluding hydrogens is 152 g/mol. The summed E-state index contributed by atoms with van der Waals surface area (Å²) >= 11 is 0. The average molecular weight is 163 g/mol. The second kappa shape index (κ2) is 3.88. The van der Waals surface area contributed by atoms with Crippen LogP contribution in [0, 0.1) is 6.92 Å². The number of benzene rings is 1. The zero-order valence-corrected chi connectivity index (χ0v) is 6.66. The van der Waals surface area contributed by atoms with Crippen LogP contribution in [-0.2, 0) is 4.79 Å². The Labute approximate surface area is 71.6 Å². The molecule has 0 aliphatic heterocycles. The fourth-order valence-electron chi connectivity index (χ4n) is 0.756. The smallest absolute Gasteiger partial charge is 0.241 e. The summed E-state index contributed by atoms with van der Waals surface area (Å²) < 4.78 is 0. The van der Waals surface area contributed by atoms with Crippen molar-refractivity contribution in [2.24, 2.45) is 5.73 Å². The Balaban J connectivity index is 2.59. The summed E-state index contributed by atoms with van der Waals surface area (Å²) in [7, 11) is 0. The number of amides is 1. The Morgan fingerprint density at radius 1 is 1.42 bits per heavy atom. The number of hydrogen-bond acceptors (Lipinski definition) is 2. The van der Waals surface area contributed by atoms with Gasteiger partial charge in [-0.15, -0.1) is 0 Å². The van der Waals surface area contributed by atoms with Crippen LogP contribution in [0.15, 0.2) is 30.3 Å². The SMILES string of the molecule is [CH2]C(N)C(=O)Nc1ccccc1. The van der Waals surface area contributed by atoms with Gasteiger partial charge in [0.25, 0.3) is 0 Å². The van der Waals surface area contributed by atoms with Gasteiger partial charge in [-0.05, 0) is 19.1 Å². The third-order valence-electron chi connectivity index (χ3n) is 1.38. The molecule has 3 N–H and O–H groups in total. The fourth-order valence-corrected chi connectivity index (χ4v) is 0.756. The summed E-state index contributed by atoms with van der Waals surface area (Å²) in [5.74, 6) is -0.277. The summed E-state index contributed by atoms with van der Waals surface area (Å²) in [6.45, 7) is 3.40. The van der Waals surface area contributed by atoms with E-state index in [1.54, 1.807) is 12.1 Å². The normalized spacial score (nSPS) is 12.2. The van der Waals surface area contributed by atoms with Crippen molar-refractivity contribution >= 4 is 11.6 Å². The second-order valence-corrected chi connectivity index (χ2v) is 2.46.